The van der Waals surface area contributed by atoms with E-state index in [1.165, 1.54) is 10.6 Å². The second kappa shape index (κ2) is 4.70. The lowest BCUT2D eigenvalue weighted by molar-refractivity contribution is 0.0736. The van der Waals surface area contributed by atoms with Gasteiger partial charge < -0.3 is 4.90 Å². The van der Waals surface area contributed by atoms with Crippen LogP contribution < -0.4 is 0 Å². The topological polar surface area (TPSA) is 37.6 Å². The molecular formula is C16H15N3OS. The number of thiazole rings is 1. The number of fused-ring (bicyclic) bond motifs is 3. The van der Waals surface area contributed by atoms with Gasteiger partial charge in [-0.15, -0.1) is 0 Å². The number of aryl methyl sites for hydroxylation is 1. The number of carbonyl (C=O) groups is 1. The molecule has 0 atom stereocenters. The summed E-state index contributed by atoms with van der Waals surface area (Å²) in [5.74, 6) is 0.114. The van der Waals surface area contributed by atoms with E-state index in [1.54, 1.807) is 11.3 Å². The number of imidazole rings is 1. The van der Waals surface area contributed by atoms with Gasteiger partial charge in [-0.25, -0.2) is 4.98 Å². The van der Waals surface area contributed by atoms with E-state index in [0.717, 1.165) is 29.2 Å². The summed E-state index contributed by atoms with van der Waals surface area (Å²) in [5, 5.41) is 0. The Bertz CT molecular complexity index is 819. The maximum atomic E-state index is 12.5. The number of hydrogen-bond acceptors (Lipinski definition) is 3. The molecule has 0 saturated carbocycles. The van der Waals surface area contributed by atoms with Gasteiger partial charge >= 0.3 is 0 Å². The molecule has 0 saturated heterocycles. The van der Waals surface area contributed by atoms with Crippen molar-refractivity contribution in [3.8, 4) is 0 Å². The summed E-state index contributed by atoms with van der Waals surface area (Å²) < 4.78 is 2.18. The second-order valence-corrected chi connectivity index (χ2v) is 6.41. The van der Waals surface area contributed by atoms with Gasteiger partial charge in [0.15, 0.2) is 4.96 Å². The van der Waals surface area contributed by atoms with Crippen molar-refractivity contribution in [2.45, 2.75) is 19.9 Å². The van der Waals surface area contributed by atoms with Crippen LogP contribution in [0, 0.1) is 6.92 Å². The molecule has 3 heterocycles. The van der Waals surface area contributed by atoms with Gasteiger partial charge in [0.05, 0.1) is 12.2 Å². The Kier molecular flexibility index (Phi) is 2.82. The van der Waals surface area contributed by atoms with Crippen LogP contribution in [-0.4, -0.2) is 26.7 Å². The van der Waals surface area contributed by atoms with Crippen LogP contribution in [0.15, 0.2) is 36.5 Å². The first kappa shape index (κ1) is 12.6. The maximum Gasteiger partial charge on any atom is 0.254 e. The van der Waals surface area contributed by atoms with Gasteiger partial charge in [-0.3, -0.25) is 9.20 Å². The SMILES string of the molecule is Cc1cn2c3c(sc2n1)CN(C(=O)c1ccccc1)CC3. The minimum absolute atomic E-state index is 0.114. The van der Waals surface area contributed by atoms with Gasteiger partial charge in [-0.05, 0) is 19.1 Å². The Morgan fingerprint density at radius 3 is 2.90 bits per heavy atom. The molecule has 5 heteroatoms. The zero-order valence-electron chi connectivity index (χ0n) is 11.7. The van der Waals surface area contributed by atoms with Crippen LogP contribution in [0.25, 0.3) is 4.96 Å². The Labute approximate surface area is 126 Å². The Morgan fingerprint density at radius 2 is 2.10 bits per heavy atom. The monoisotopic (exact) mass is 297 g/mol. The molecule has 2 aromatic heterocycles. The summed E-state index contributed by atoms with van der Waals surface area (Å²) in [5.41, 5.74) is 3.12. The van der Waals surface area contributed by atoms with E-state index in [0.29, 0.717) is 6.54 Å². The average molecular weight is 297 g/mol. The highest BCUT2D eigenvalue weighted by Gasteiger charge is 2.25. The lowest BCUT2D eigenvalue weighted by Crippen LogP contribution is -2.35. The van der Waals surface area contributed by atoms with Crippen LogP contribution in [-0.2, 0) is 13.0 Å². The molecule has 106 valence electrons. The number of hydrogen-bond donors (Lipinski definition) is 0. The molecule has 0 radical (unpaired) electrons. The van der Waals surface area contributed by atoms with Crippen LogP contribution >= 0.6 is 11.3 Å². The van der Waals surface area contributed by atoms with Gasteiger partial charge in [-0.1, -0.05) is 29.5 Å². The molecule has 0 aliphatic carbocycles. The highest BCUT2D eigenvalue weighted by atomic mass is 32.1. The van der Waals surface area contributed by atoms with Gasteiger partial charge in [0.2, 0.25) is 0 Å². The molecule has 0 N–H and O–H groups in total. The van der Waals surface area contributed by atoms with Gasteiger partial charge in [0.25, 0.3) is 5.91 Å². The third-order valence-corrected chi connectivity index (χ3v) is 4.96. The molecule has 0 unspecified atom stereocenters. The molecule has 21 heavy (non-hydrogen) atoms. The van der Waals surface area contributed by atoms with E-state index in [2.05, 4.69) is 15.6 Å². The number of nitrogens with zero attached hydrogens (tertiary/aromatic N) is 3. The van der Waals surface area contributed by atoms with E-state index < -0.39 is 0 Å². The summed E-state index contributed by atoms with van der Waals surface area (Å²) in [6.07, 6.45) is 2.98. The van der Waals surface area contributed by atoms with Crippen LogP contribution in [0.2, 0.25) is 0 Å². The van der Waals surface area contributed by atoms with Crippen LogP contribution in [0.1, 0.15) is 26.6 Å². The normalized spacial score (nSPS) is 14.4. The smallest absolute Gasteiger partial charge is 0.254 e. The maximum absolute atomic E-state index is 12.5. The molecule has 0 bridgehead atoms. The van der Waals surface area contributed by atoms with E-state index >= 15 is 0 Å². The summed E-state index contributed by atoms with van der Waals surface area (Å²) >= 11 is 1.69. The molecule has 1 aromatic carbocycles. The first-order valence-corrected chi connectivity index (χ1v) is 7.84. The van der Waals surface area contributed by atoms with Crippen LogP contribution in [0.3, 0.4) is 0 Å². The molecule has 0 spiro atoms. The van der Waals surface area contributed by atoms with Crippen molar-refractivity contribution in [2.75, 3.05) is 6.54 Å². The minimum Gasteiger partial charge on any atom is -0.333 e. The zero-order chi connectivity index (χ0) is 14.4. The number of benzene rings is 1. The van der Waals surface area contributed by atoms with Crippen molar-refractivity contribution in [3.05, 3.63) is 58.4 Å². The highest BCUT2D eigenvalue weighted by molar-refractivity contribution is 7.17. The molecule has 4 rings (SSSR count). The summed E-state index contributed by atoms with van der Waals surface area (Å²) in [7, 11) is 0. The van der Waals surface area contributed by atoms with E-state index in [1.807, 2.05) is 42.2 Å². The van der Waals surface area contributed by atoms with Crippen molar-refractivity contribution in [1.29, 1.82) is 0 Å². The lowest BCUT2D eigenvalue weighted by atomic mass is 10.1. The lowest BCUT2D eigenvalue weighted by Gasteiger charge is -2.26. The summed E-state index contributed by atoms with van der Waals surface area (Å²) in [4.78, 5) is 21.3. The quantitative estimate of drug-likeness (QED) is 0.692. The molecule has 0 fully saturated rings. The number of aromatic nitrogens is 2. The van der Waals surface area contributed by atoms with Gasteiger partial charge in [0, 0.05) is 35.3 Å². The Hall–Kier alpha value is -2.14. The second-order valence-electron chi connectivity index (χ2n) is 5.35. The molecule has 3 aromatic rings. The van der Waals surface area contributed by atoms with Crippen molar-refractivity contribution in [2.24, 2.45) is 0 Å². The number of rotatable bonds is 1. The Morgan fingerprint density at radius 1 is 1.29 bits per heavy atom. The predicted molar refractivity (Wildman–Crippen MR) is 82.7 cm³/mol. The standard InChI is InChI=1S/C16H15N3OS/c1-11-9-19-13-7-8-18(10-14(13)21-16(19)17-11)15(20)12-5-3-2-4-6-12/h2-6,9H,7-8,10H2,1H3. The first-order chi connectivity index (χ1) is 10.2. The fourth-order valence-electron chi connectivity index (χ4n) is 2.86. The Balaban J connectivity index is 1.65. The molecule has 1 aliphatic rings. The highest BCUT2D eigenvalue weighted by Crippen LogP contribution is 2.29. The van der Waals surface area contributed by atoms with Crippen LogP contribution in [0.5, 0.6) is 0 Å². The molecular weight excluding hydrogens is 282 g/mol. The van der Waals surface area contributed by atoms with E-state index in [-0.39, 0.29) is 5.91 Å². The van der Waals surface area contributed by atoms with Gasteiger partial charge in [0.1, 0.15) is 0 Å². The molecule has 1 amide bonds. The van der Waals surface area contributed by atoms with Crippen molar-refractivity contribution >= 4 is 22.2 Å². The number of amides is 1. The first-order valence-electron chi connectivity index (χ1n) is 7.03. The van der Waals surface area contributed by atoms with Crippen molar-refractivity contribution in [1.82, 2.24) is 14.3 Å². The average Bonchev–Trinajstić information content (AvgIpc) is 3.02. The third-order valence-electron chi connectivity index (χ3n) is 3.88. The molecule has 1 aliphatic heterocycles. The van der Waals surface area contributed by atoms with Crippen LogP contribution in [0.4, 0.5) is 0 Å². The summed E-state index contributed by atoms with van der Waals surface area (Å²) in [6.45, 7) is 3.47. The van der Waals surface area contributed by atoms with Gasteiger partial charge in [-0.2, -0.15) is 0 Å². The fourth-order valence-corrected chi connectivity index (χ4v) is 4.07. The third kappa shape index (κ3) is 2.05. The summed E-state index contributed by atoms with van der Waals surface area (Å²) in [6, 6.07) is 9.50. The zero-order valence-corrected chi connectivity index (χ0v) is 12.6. The van der Waals surface area contributed by atoms with E-state index in [9.17, 15) is 4.79 Å². The largest absolute Gasteiger partial charge is 0.333 e. The fraction of sp³-hybridized carbons (Fsp3) is 0.250. The van der Waals surface area contributed by atoms with Crippen molar-refractivity contribution < 1.29 is 4.79 Å². The molecule has 4 nitrogen and oxygen atoms in total. The number of carbonyl (C=O) groups excluding carboxylic acids is 1. The van der Waals surface area contributed by atoms with E-state index in [4.69, 9.17) is 0 Å². The predicted octanol–water partition coefficient (Wildman–Crippen LogP) is 2.90. The van der Waals surface area contributed by atoms with Crippen molar-refractivity contribution in [3.63, 3.8) is 0 Å². The minimum atomic E-state index is 0.114.